The minimum absolute atomic E-state index is 0.162. The highest BCUT2D eigenvalue weighted by Crippen LogP contribution is 2.37. The Bertz CT molecular complexity index is 1670. The summed E-state index contributed by atoms with van der Waals surface area (Å²) in [5.74, 6) is 0.545. The summed E-state index contributed by atoms with van der Waals surface area (Å²) in [6, 6.07) is 23.9. The Hall–Kier alpha value is -4.43. The SMILES string of the molecule is Cc1oc(-c2ccccc2)nc1C(=O)c1oc2ccc(CC3NC(=O)SC3=O)cc2c1-c1ccccc1. The Balaban J connectivity index is 1.45. The summed E-state index contributed by atoms with van der Waals surface area (Å²) in [6.07, 6.45) is 0.346. The second-order valence-corrected chi connectivity index (χ2v) is 9.71. The van der Waals surface area contributed by atoms with E-state index < -0.39 is 6.04 Å². The highest BCUT2D eigenvalue weighted by molar-refractivity contribution is 8.26. The van der Waals surface area contributed by atoms with Crippen LogP contribution in [-0.2, 0) is 11.2 Å². The first-order valence-corrected chi connectivity index (χ1v) is 12.5. The Kier molecular flexibility index (Phi) is 5.73. The fourth-order valence-electron chi connectivity index (χ4n) is 4.51. The normalized spacial score (nSPS) is 15.3. The minimum Gasteiger partial charge on any atom is -0.452 e. The predicted octanol–water partition coefficient (Wildman–Crippen LogP) is 6.19. The molecule has 5 aromatic rings. The molecule has 0 saturated carbocycles. The van der Waals surface area contributed by atoms with Crippen molar-refractivity contribution in [3.8, 4) is 22.6 Å². The second kappa shape index (κ2) is 9.22. The van der Waals surface area contributed by atoms with E-state index in [0.717, 1.165) is 22.1 Å². The molecule has 8 heteroatoms. The third-order valence-corrected chi connectivity index (χ3v) is 7.05. The number of rotatable bonds is 6. The molecule has 1 N–H and O–H groups in total. The molecule has 0 spiro atoms. The maximum atomic E-state index is 13.8. The molecule has 1 atom stereocenters. The number of fused-ring (bicyclic) bond motifs is 1. The lowest BCUT2D eigenvalue weighted by Gasteiger charge is -2.08. The number of thioether (sulfide) groups is 1. The lowest BCUT2D eigenvalue weighted by molar-refractivity contribution is -0.112. The van der Waals surface area contributed by atoms with Gasteiger partial charge in [0.2, 0.25) is 11.0 Å². The van der Waals surface area contributed by atoms with Crippen LogP contribution >= 0.6 is 11.8 Å². The molecule has 1 fully saturated rings. The lowest BCUT2D eigenvalue weighted by Crippen LogP contribution is -2.30. The van der Waals surface area contributed by atoms with Crippen LogP contribution in [0.4, 0.5) is 4.79 Å². The minimum atomic E-state index is -0.586. The Morgan fingerprint density at radius 3 is 2.32 bits per heavy atom. The van der Waals surface area contributed by atoms with E-state index in [1.807, 2.05) is 72.8 Å². The van der Waals surface area contributed by atoms with Crippen molar-refractivity contribution in [3.63, 3.8) is 0 Å². The predicted molar refractivity (Wildman–Crippen MR) is 140 cm³/mol. The number of aromatic nitrogens is 1. The standard InChI is InChI=1S/C29H20N2O5S/c1-16-24(31-27(35-16)19-10-6-3-7-11-19)25(32)26-23(18-8-4-2-5-9-18)20-14-17(12-13-22(20)36-26)15-21-28(33)37-29(34)30-21/h2-14,21H,15H2,1H3,(H,30,34). The molecule has 2 aromatic heterocycles. The van der Waals surface area contributed by atoms with Crippen molar-refractivity contribution in [1.29, 1.82) is 0 Å². The van der Waals surface area contributed by atoms with Gasteiger partial charge in [0.1, 0.15) is 17.4 Å². The molecule has 182 valence electrons. The number of nitrogens with zero attached hydrogens (tertiary/aromatic N) is 1. The van der Waals surface area contributed by atoms with E-state index in [-0.39, 0.29) is 27.6 Å². The summed E-state index contributed by atoms with van der Waals surface area (Å²) in [6.45, 7) is 1.71. The number of ketones is 1. The molecule has 1 amide bonds. The molecule has 3 aromatic carbocycles. The van der Waals surface area contributed by atoms with Gasteiger partial charge in [0.25, 0.3) is 11.0 Å². The van der Waals surface area contributed by atoms with Crippen LogP contribution in [0.2, 0.25) is 0 Å². The third kappa shape index (κ3) is 4.25. The number of benzene rings is 3. The lowest BCUT2D eigenvalue weighted by atomic mass is 9.97. The van der Waals surface area contributed by atoms with Crippen LogP contribution in [0.5, 0.6) is 0 Å². The number of hydrogen-bond donors (Lipinski definition) is 1. The molecule has 1 unspecified atom stereocenters. The van der Waals surface area contributed by atoms with E-state index in [9.17, 15) is 14.4 Å². The van der Waals surface area contributed by atoms with Crippen LogP contribution in [-0.4, -0.2) is 27.2 Å². The van der Waals surface area contributed by atoms with Crippen molar-refractivity contribution in [2.75, 3.05) is 0 Å². The van der Waals surface area contributed by atoms with Gasteiger partial charge in [-0.2, -0.15) is 0 Å². The van der Waals surface area contributed by atoms with E-state index in [0.29, 0.717) is 41.0 Å². The third-order valence-electron chi connectivity index (χ3n) is 6.26. The van der Waals surface area contributed by atoms with E-state index in [4.69, 9.17) is 8.83 Å². The van der Waals surface area contributed by atoms with Crippen molar-refractivity contribution in [3.05, 3.63) is 102 Å². The molecule has 1 aliphatic heterocycles. The average molecular weight is 509 g/mol. The van der Waals surface area contributed by atoms with Gasteiger partial charge in [-0.25, -0.2) is 4.98 Å². The van der Waals surface area contributed by atoms with E-state index >= 15 is 0 Å². The fraction of sp³-hybridized carbons (Fsp3) is 0.103. The monoisotopic (exact) mass is 508 g/mol. The number of hydrogen-bond acceptors (Lipinski definition) is 7. The van der Waals surface area contributed by atoms with Gasteiger partial charge < -0.3 is 14.2 Å². The molecule has 3 heterocycles. The summed E-state index contributed by atoms with van der Waals surface area (Å²) in [5.41, 5.74) is 3.79. The topological polar surface area (TPSA) is 102 Å². The first kappa shape index (κ1) is 23.0. The van der Waals surface area contributed by atoms with Gasteiger partial charge in [0.05, 0.1) is 0 Å². The summed E-state index contributed by atoms with van der Waals surface area (Å²) < 4.78 is 12.0. The Labute approximate surface area is 215 Å². The quantitative estimate of drug-likeness (QED) is 0.273. The van der Waals surface area contributed by atoms with Crippen LogP contribution < -0.4 is 5.32 Å². The first-order valence-electron chi connectivity index (χ1n) is 11.7. The Morgan fingerprint density at radius 1 is 0.946 bits per heavy atom. The number of nitrogens with one attached hydrogen (secondary N) is 1. The second-order valence-electron chi connectivity index (χ2n) is 8.73. The fourth-order valence-corrected chi connectivity index (χ4v) is 5.17. The Morgan fingerprint density at radius 2 is 1.65 bits per heavy atom. The van der Waals surface area contributed by atoms with Crippen molar-refractivity contribution in [1.82, 2.24) is 10.3 Å². The molecular formula is C29H20N2O5S. The van der Waals surface area contributed by atoms with Crippen LogP contribution in [0, 0.1) is 6.92 Å². The largest absolute Gasteiger partial charge is 0.452 e. The maximum absolute atomic E-state index is 13.8. The molecule has 0 aliphatic carbocycles. The average Bonchev–Trinajstić information content (AvgIpc) is 3.58. The summed E-state index contributed by atoms with van der Waals surface area (Å²) >= 11 is 0.691. The van der Waals surface area contributed by atoms with Crippen LogP contribution in [0.25, 0.3) is 33.6 Å². The number of carbonyl (C=O) groups excluding carboxylic acids is 3. The number of aryl methyl sites for hydroxylation is 1. The van der Waals surface area contributed by atoms with Crippen molar-refractivity contribution in [2.45, 2.75) is 19.4 Å². The van der Waals surface area contributed by atoms with Gasteiger partial charge in [-0.3, -0.25) is 14.4 Å². The van der Waals surface area contributed by atoms with Gasteiger partial charge in [0.15, 0.2) is 11.5 Å². The number of amides is 1. The van der Waals surface area contributed by atoms with Crippen LogP contribution in [0.3, 0.4) is 0 Å². The van der Waals surface area contributed by atoms with Gasteiger partial charge in [-0.05, 0) is 42.3 Å². The highest BCUT2D eigenvalue weighted by Gasteiger charge is 2.32. The van der Waals surface area contributed by atoms with Crippen molar-refractivity contribution >= 4 is 38.9 Å². The van der Waals surface area contributed by atoms with Crippen molar-refractivity contribution < 1.29 is 23.2 Å². The first-order chi connectivity index (χ1) is 18.0. The summed E-state index contributed by atoms with van der Waals surface area (Å²) in [5, 5.41) is 2.89. The zero-order chi connectivity index (χ0) is 25.5. The number of oxazole rings is 1. The molecule has 1 aliphatic rings. The number of carbonyl (C=O) groups is 3. The summed E-state index contributed by atoms with van der Waals surface area (Å²) in [7, 11) is 0. The number of furan rings is 1. The maximum Gasteiger partial charge on any atom is 0.287 e. The van der Waals surface area contributed by atoms with E-state index in [1.54, 1.807) is 13.0 Å². The molecule has 7 nitrogen and oxygen atoms in total. The van der Waals surface area contributed by atoms with Gasteiger partial charge in [-0.15, -0.1) is 0 Å². The van der Waals surface area contributed by atoms with E-state index in [2.05, 4.69) is 10.3 Å². The van der Waals surface area contributed by atoms with Gasteiger partial charge in [0, 0.05) is 34.7 Å². The molecule has 1 saturated heterocycles. The molecule has 0 radical (unpaired) electrons. The highest BCUT2D eigenvalue weighted by atomic mass is 32.2. The van der Waals surface area contributed by atoms with Crippen LogP contribution in [0.15, 0.2) is 87.7 Å². The van der Waals surface area contributed by atoms with E-state index in [1.165, 1.54) is 0 Å². The summed E-state index contributed by atoms with van der Waals surface area (Å²) in [4.78, 5) is 42.0. The smallest absolute Gasteiger partial charge is 0.287 e. The van der Waals surface area contributed by atoms with Crippen molar-refractivity contribution in [2.24, 2.45) is 0 Å². The molecular weight excluding hydrogens is 488 g/mol. The molecule has 0 bridgehead atoms. The molecule has 6 rings (SSSR count). The molecule has 37 heavy (non-hydrogen) atoms. The van der Waals surface area contributed by atoms with Gasteiger partial charge >= 0.3 is 0 Å². The van der Waals surface area contributed by atoms with Gasteiger partial charge in [-0.1, -0.05) is 54.6 Å². The van der Waals surface area contributed by atoms with Crippen LogP contribution in [0.1, 0.15) is 27.6 Å². The zero-order valence-corrected chi connectivity index (χ0v) is 20.5. The zero-order valence-electron chi connectivity index (χ0n) is 19.7.